The molecule has 4 nitrogen and oxygen atoms in total. The zero-order valence-electron chi connectivity index (χ0n) is 10.6. The first kappa shape index (κ1) is 76.5. The van der Waals surface area contributed by atoms with Gasteiger partial charge in [0.25, 0.3) is 0 Å². The molecular weight excluding hydrogens is 377 g/mol. The molecule has 0 aliphatic carbocycles. The first-order valence-electron chi connectivity index (χ1n) is 0. The van der Waals surface area contributed by atoms with Crippen LogP contribution in [-0.4, -0.2) is 154 Å². The molecule has 0 saturated heterocycles. The van der Waals surface area contributed by atoms with Gasteiger partial charge in [-0.15, -0.1) is 0 Å². The van der Waals surface area contributed by atoms with E-state index in [2.05, 4.69) is 0 Å². The molecule has 0 aliphatic heterocycles. The molecule has 0 spiro atoms. The maximum atomic E-state index is 0. The van der Waals surface area contributed by atoms with Crippen molar-refractivity contribution in [3.63, 3.8) is 0 Å². The van der Waals surface area contributed by atoms with E-state index in [4.69, 9.17) is 0 Å². The summed E-state index contributed by atoms with van der Waals surface area (Å²) in [4.78, 5) is 0. The van der Waals surface area contributed by atoms with Crippen LogP contribution in [0.4, 0.5) is 0 Å². The molecular formula is H14BaCaO4SrTi. The van der Waals surface area contributed by atoms with Gasteiger partial charge in [-0.2, -0.15) is 0 Å². The Kier molecular flexibility index (Phi) is 566. The van der Waals surface area contributed by atoms with Crippen LogP contribution >= 0.6 is 0 Å². The van der Waals surface area contributed by atoms with E-state index < -0.39 is 0 Å². The first-order chi connectivity index (χ1) is 0. The van der Waals surface area contributed by atoms with Gasteiger partial charge in [-0.25, -0.2) is 0 Å². The Bertz CT molecular complexity index is 29.8. The van der Waals surface area contributed by atoms with Crippen LogP contribution in [0.15, 0.2) is 0 Å². The summed E-state index contributed by atoms with van der Waals surface area (Å²) in [5.74, 6) is 0. The van der Waals surface area contributed by atoms with Crippen molar-refractivity contribution in [2.24, 2.45) is 0 Å². The van der Waals surface area contributed by atoms with Crippen molar-refractivity contribution in [1.29, 1.82) is 0 Å². The third-order valence-electron chi connectivity index (χ3n) is 0. The summed E-state index contributed by atoms with van der Waals surface area (Å²) in [5.41, 5.74) is 0. The SMILES string of the molecule is O.O.O.O.[Ba+2].[Ca+2].[H-].[H-].[H-].[H-].[H-].[H-].[Sr+2].[Ti]. The second kappa shape index (κ2) is 59.2. The van der Waals surface area contributed by atoms with Gasteiger partial charge in [-0.3, -0.25) is 0 Å². The summed E-state index contributed by atoms with van der Waals surface area (Å²) in [6, 6.07) is 0. The van der Waals surface area contributed by atoms with Crippen LogP contribution in [0, 0.1) is 0 Å². The fraction of sp³-hybridized carbons (Fsp3) is 0. The summed E-state index contributed by atoms with van der Waals surface area (Å²) in [6.45, 7) is 0. The summed E-state index contributed by atoms with van der Waals surface area (Å²) in [5, 5.41) is 0. The van der Waals surface area contributed by atoms with Gasteiger partial charge in [0.05, 0.1) is 0 Å². The fourth-order valence-electron chi connectivity index (χ4n) is 0. The molecule has 0 atom stereocenters. The maximum absolute atomic E-state index is 0. The number of rotatable bonds is 0. The van der Waals surface area contributed by atoms with E-state index in [1.165, 1.54) is 0 Å². The molecule has 0 bridgehead atoms. The molecule has 0 saturated carbocycles. The van der Waals surface area contributed by atoms with Crippen molar-refractivity contribution < 1.29 is 52.2 Å². The normalized spacial score (nSPS) is 0. The average molecular weight is 391 g/mol. The minimum absolute atomic E-state index is 0. The Morgan fingerprint density at radius 2 is 0.750 bits per heavy atom. The molecule has 48 valence electrons. The standard InChI is InChI=1S/Ba.Ca.4H2O.Sr.Ti.6H/h;;4*1H2;;;;;;;;/q2*+2;;;;;+2;;6*-1. The molecule has 0 aliphatic rings. The topological polar surface area (TPSA) is 126 Å². The molecule has 0 heterocycles. The molecule has 0 rings (SSSR count). The van der Waals surface area contributed by atoms with Crippen molar-refractivity contribution >= 4 is 132 Å². The molecule has 0 fully saturated rings. The number of hydrogen-bond acceptors (Lipinski definition) is 0. The predicted molar refractivity (Wildman–Crippen MR) is 38.4 cm³/mol. The summed E-state index contributed by atoms with van der Waals surface area (Å²) < 4.78 is 0. The van der Waals surface area contributed by atoms with Gasteiger partial charge in [-0.05, 0) is 0 Å². The van der Waals surface area contributed by atoms with Crippen LogP contribution < -0.4 is 0 Å². The van der Waals surface area contributed by atoms with Crippen LogP contribution in [0.5, 0.6) is 0 Å². The van der Waals surface area contributed by atoms with Crippen molar-refractivity contribution in [3.8, 4) is 0 Å². The molecule has 0 aromatic rings. The summed E-state index contributed by atoms with van der Waals surface area (Å²) >= 11 is 0. The third-order valence-corrected chi connectivity index (χ3v) is 0. The van der Waals surface area contributed by atoms with E-state index >= 15 is 0 Å². The molecule has 0 amide bonds. The van der Waals surface area contributed by atoms with E-state index in [1.807, 2.05) is 0 Å². The first-order valence-corrected chi connectivity index (χ1v) is 0. The van der Waals surface area contributed by atoms with E-state index in [9.17, 15) is 0 Å². The molecule has 0 aromatic carbocycles. The Balaban J connectivity index is 0. The molecule has 8 heavy (non-hydrogen) atoms. The molecule has 8 N–H and O–H groups in total. The maximum Gasteiger partial charge on any atom is 2.00 e. The van der Waals surface area contributed by atoms with Crippen LogP contribution in [0.25, 0.3) is 0 Å². The minimum Gasteiger partial charge on any atom is -1.00 e. The van der Waals surface area contributed by atoms with E-state index in [0.717, 1.165) is 0 Å². The summed E-state index contributed by atoms with van der Waals surface area (Å²) in [7, 11) is 0. The van der Waals surface area contributed by atoms with Gasteiger partial charge in [0.2, 0.25) is 0 Å². The molecule has 0 aromatic heterocycles. The van der Waals surface area contributed by atoms with Crippen LogP contribution in [-0.2, 0) is 21.7 Å². The van der Waals surface area contributed by atoms with Gasteiger partial charge in [-0.1, -0.05) is 0 Å². The van der Waals surface area contributed by atoms with Crippen molar-refractivity contribution in [2.45, 2.75) is 0 Å². The van der Waals surface area contributed by atoms with Gasteiger partial charge >= 0.3 is 132 Å². The minimum atomic E-state index is 0. The van der Waals surface area contributed by atoms with E-state index in [1.54, 1.807) is 0 Å². The fourth-order valence-corrected chi connectivity index (χ4v) is 0. The Morgan fingerprint density at radius 1 is 0.750 bits per heavy atom. The molecule has 8 heteroatoms. The number of hydrogen-bond donors (Lipinski definition) is 0. The van der Waals surface area contributed by atoms with Gasteiger partial charge in [0, 0.05) is 21.7 Å². The van der Waals surface area contributed by atoms with E-state index in [0.29, 0.717) is 0 Å². The third kappa shape index (κ3) is 44.7. The predicted octanol–water partition coefficient (Wildman–Crippen LogP) is -3.77. The van der Waals surface area contributed by atoms with Crippen LogP contribution in [0.2, 0.25) is 0 Å². The molecule has 0 unspecified atom stereocenters. The smallest absolute Gasteiger partial charge is 1.00 e. The zero-order valence-corrected chi connectivity index (χ0v) is 16.3. The van der Waals surface area contributed by atoms with E-state index in [-0.39, 0.29) is 184 Å². The average Bonchev–Trinajstić information content (AvgIpc) is 0. The van der Waals surface area contributed by atoms with Gasteiger partial charge in [0.15, 0.2) is 0 Å². The monoisotopic (exact) mass is 392 g/mol. The zero-order chi connectivity index (χ0) is 0. The van der Waals surface area contributed by atoms with Crippen molar-refractivity contribution in [3.05, 3.63) is 0 Å². The Morgan fingerprint density at radius 3 is 0.750 bits per heavy atom. The van der Waals surface area contributed by atoms with Crippen LogP contribution in [0.1, 0.15) is 8.56 Å². The largest absolute Gasteiger partial charge is 2.00 e. The quantitative estimate of drug-likeness (QED) is 0.376. The Hall–Kier alpha value is 4.87. The van der Waals surface area contributed by atoms with Crippen molar-refractivity contribution in [2.75, 3.05) is 0 Å². The van der Waals surface area contributed by atoms with Gasteiger partial charge in [0.1, 0.15) is 0 Å². The second-order valence-corrected chi connectivity index (χ2v) is 0. The van der Waals surface area contributed by atoms with Gasteiger partial charge < -0.3 is 30.5 Å². The van der Waals surface area contributed by atoms with Crippen molar-refractivity contribution in [1.82, 2.24) is 0 Å². The second-order valence-electron chi connectivity index (χ2n) is 0. The Labute approximate surface area is 179 Å². The molecule has 0 radical (unpaired) electrons. The summed E-state index contributed by atoms with van der Waals surface area (Å²) in [6.07, 6.45) is 0. The van der Waals surface area contributed by atoms with Crippen LogP contribution in [0.3, 0.4) is 0 Å².